The van der Waals surface area contributed by atoms with Gasteiger partial charge in [0.2, 0.25) is 0 Å². The maximum atomic E-state index is 12.9. The Morgan fingerprint density at radius 1 is 1.04 bits per heavy atom. The van der Waals surface area contributed by atoms with Crippen LogP contribution >= 0.6 is 0 Å². The topological polar surface area (TPSA) is 73.2 Å². The van der Waals surface area contributed by atoms with Crippen LogP contribution < -0.4 is 5.32 Å². The number of hydrogen-bond acceptors (Lipinski definition) is 4. The van der Waals surface area contributed by atoms with Crippen LogP contribution in [0.4, 0.5) is 5.69 Å². The maximum Gasteiger partial charge on any atom is 0.337 e. The molecule has 6 heteroatoms. The standard InChI is InChI=1S/C21H21N3O3/c1-14(2)18-13-19(24(23-18)17-7-5-4-6-8-17)20(25)22-16-11-9-15(10-12-16)21(26)27-3/h4-14H,1-3H3,(H,22,25). The average molecular weight is 363 g/mol. The van der Waals surface area contributed by atoms with Crippen LogP contribution in [0.25, 0.3) is 5.69 Å². The number of para-hydroxylation sites is 1. The van der Waals surface area contributed by atoms with E-state index in [-0.39, 0.29) is 11.8 Å². The van der Waals surface area contributed by atoms with Crippen molar-refractivity contribution in [2.75, 3.05) is 12.4 Å². The number of carbonyl (C=O) groups is 2. The quantitative estimate of drug-likeness (QED) is 0.695. The number of hydrogen-bond donors (Lipinski definition) is 1. The van der Waals surface area contributed by atoms with Gasteiger partial charge in [-0.25, -0.2) is 9.48 Å². The minimum absolute atomic E-state index is 0.195. The third-order valence-electron chi connectivity index (χ3n) is 4.12. The van der Waals surface area contributed by atoms with Gasteiger partial charge in [-0.05, 0) is 48.4 Å². The van der Waals surface area contributed by atoms with E-state index in [4.69, 9.17) is 0 Å². The summed E-state index contributed by atoms with van der Waals surface area (Å²) >= 11 is 0. The smallest absolute Gasteiger partial charge is 0.337 e. The van der Waals surface area contributed by atoms with Gasteiger partial charge in [0.05, 0.1) is 24.1 Å². The number of benzene rings is 2. The molecular formula is C21H21N3O3. The predicted octanol–water partition coefficient (Wildman–Crippen LogP) is 4.03. The van der Waals surface area contributed by atoms with Crippen LogP contribution in [-0.4, -0.2) is 28.8 Å². The zero-order chi connectivity index (χ0) is 19.4. The molecule has 0 aliphatic carbocycles. The molecule has 0 fully saturated rings. The van der Waals surface area contributed by atoms with E-state index in [1.807, 2.05) is 44.2 Å². The van der Waals surface area contributed by atoms with Gasteiger partial charge in [0.15, 0.2) is 0 Å². The molecule has 1 amide bonds. The van der Waals surface area contributed by atoms with Crippen molar-refractivity contribution in [2.45, 2.75) is 19.8 Å². The van der Waals surface area contributed by atoms with Gasteiger partial charge >= 0.3 is 5.97 Å². The van der Waals surface area contributed by atoms with E-state index in [0.717, 1.165) is 11.4 Å². The van der Waals surface area contributed by atoms with Crippen molar-refractivity contribution in [3.8, 4) is 5.69 Å². The van der Waals surface area contributed by atoms with Gasteiger partial charge in [0.1, 0.15) is 5.69 Å². The lowest BCUT2D eigenvalue weighted by atomic mass is 10.1. The summed E-state index contributed by atoms with van der Waals surface area (Å²) < 4.78 is 6.32. The van der Waals surface area contributed by atoms with Gasteiger partial charge in [-0.15, -0.1) is 0 Å². The highest BCUT2D eigenvalue weighted by Gasteiger charge is 2.18. The average Bonchev–Trinajstić information content (AvgIpc) is 3.14. The maximum absolute atomic E-state index is 12.9. The van der Waals surface area contributed by atoms with Gasteiger partial charge in [0, 0.05) is 5.69 Å². The minimum atomic E-state index is -0.420. The molecule has 0 spiro atoms. The van der Waals surface area contributed by atoms with Crippen molar-refractivity contribution >= 4 is 17.6 Å². The van der Waals surface area contributed by atoms with Crippen molar-refractivity contribution in [1.82, 2.24) is 9.78 Å². The third kappa shape index (κ3) is 4.06. The Hall–Kier alpha value is -3.41. The van der Waals surface area contributed by atoms with Crippen LogP contribution in [0, 0.1) is 0 Å². The number of nitrogens with zero attached hydrogens (tertiary/aromatic N) is 2. The number of carbonyl (C=O) groups excluding carboxylic acids is 2. The second kappa shape index (κ2) is 7.86. The highest BCUT2D eigenvalue weighted by molar-refractivity contribution is 6.03. The number of methoxy groups -OCH3 is 1. The molecule has 0 unspecified atom stereocenters. The molecular weight excluding hydrogens is 342 g/mol. The molecule has 0 radical (unpaired) electrons. The number of nitrogens with one attached hydrogen (secondary N) is 1. The fourth-order valence-electron chi connectivity index (χ4n) is 2.61. The van der Waals surface area contributed by atoms with Crippen LogP contribution in [0.1, 0.15) is 46.3 Å². The van der Waals surface area contributed by atoms with E-state index in [2.05, 4.69) is 15.2 Å². The molecule has 1 heterocycles. The van der Waals surface area contributed by atoms with Gasteiger partial charge < -0.3 is 10.1 Å². The fourth-order valence-corrected chi connectivity index (χ4v) is 2.61. The highest BCUT2D eigenvalue weighted by atomic mass is 16.5. The largest absolute Gasteiger partial charge is 0.465 e. The minimum Gasteiger partial charge on any atom is -0.465 e. The van der Waals surface area contributed by atoms with E-state index < -0.39 is 5.97 Å². The van der Waals surface area contributed by atoms with E-state index in [1.54, 1.807) is 35.0 Å². The molecule has 1 N–H and O–H groups in total. The van der Waals surface area contributed by atoms with Crippen LogP contribution in [0.15, 0.2) is 60.7 Å². The summed E-state index contributed by atoms with van der Waals surface area (Å²) in [5, 5.41) is 7.44. The highest BCUT2D eigenvalue weighted by Crippen LogP contribution is 2.20. The molecule has 27 heavy (non-hydrogen) atoms. The van der Waals surface area contributed by atoms with Crippen LogP contribution in [0.3, 0.4) is 0 Å². The zero-order valence-electron chi connectivity index (χ0n) is 15.5. The summed E-state index contributed by atoms with van der Waals surface area (Å²) in [5.41, 5.74) is 3.11. The third-order valence-corrected chi connectivity index (χ3v) is 4.12. The Bertz CT molecular complexity index is 945. The summed E-state index contributed by atoms with van der Waals surface area (Å²) in [4.78, 5) is 24.4. The summed E-state index contributed by atoms with van der Waals surface area (Å²) in [5.74, 6) is -0.499. The molecule has 0 atom stereocenters. The second-order valence-electron chi connectivity index (χ2n) is 6.38. The van der Waals surface area contributed by atoms with Crippen LogP contribution in [0.2, 0.25) is 0 Å². The summed E-state index contributed by atoms with van der Waals surface area (Å²) in [6.07, 6.45) is 0. The first-order valence-electron chi connectivity index (χ1n) is 8.64. The number of ether oxygens (including phenoxy) is 1. The predicted molar refractivity (Wildman–Crippen MR) is 103 cm³/mol. The van der Waals surface area contributed by atoms with Crippen LogP contribution in [0.5, 0.6) is 0 Å². The molecule has 3 aromatic rings. The SMILES string of the molecule is COC(=O)c1ccc(NC(=O)c2cc(C(C)C)nn2-c2ccccc2)cc1. The molecule has 0 saturated carbocycles. The Morgan fingerprint density at radius 3 is 2.30 bits per heavy atom. The first-order chi connectivity index (χ1) is 13.0. The normalized spacial score (nSPS) is 10.7. The molecule has 0 bridgehead atoms. The van der Waals surface area contributed by atoms with E-state index >= 15 is 0 Å². The van der Waals surface area contributed by atoms with Crippen molar-refractivity contribution in [3.63, 3.8) is 0 Å². The fraction of sp³-hybridized carbons (Fsp3) is 0.190. The van der Waals surface area contributed by atoms with Crippen molar-refractivity contribution < 1.29 is 14.3 Å². The molecule has 0 aliphatic rings. The lowest BCUT2D eigenvalue weighted by Crippen LogP contribution is -2.17. The van der Waals surface area contributed by atoms with E-state index in [1.165, 1.54) is 7.11 Å². The molecule has 6 nitrogen and oxygen atoms in total. The first kappa shape index (κ1) is 18.4. The molecule has 138 valence electrons. The number of aromatic nitrogens is 2. The lowest BCUT2D eigenvalue weighted by Gasteiger charge is -2.09. The molecule has 0 aliphatic heterocycles. The molecule has 2 aromatic carbocycles. The summed E-state index contributed by atoms with van der Waals surface area (Å²) in [7, 11) is 1.33. The molecule has 1 aromatic heterocycles. The Labute approximate surface area is 157 Å². The van der Waals surface area contributed by atoms with Crippen LogP contribution in [-0.2, 0) is 4.74 Å². The zero-order valence-corrected chi connectivity index (χ0v) is 15.5. The number of rotatable bonds is 5. The first-order valence-corrected chi connectivity index (χ1v) is 8.64. The molecule has 0 saturated heterocycles. The van der Waals surface area contributed by atoms with E-state index in [0.29, 0.717) is 16.9 Å². The van der Waals surface area contributed by atoms with Gasteiger partial charge in [-0.2, -0.15) is 5.10 Å². The van der Waals surface area contributed by atoms with Crippen molar-refractivity contribution in [1.29, 1.82) is 0 Å². The van der Waals surface area contributed by atoms with Gasteiger partial charge in [0.25, 0.3) is 5.91 Å². The number of amides is 1. The van der Waals surface area contributed by atoms with E-state index in [9.17, 15) is 9.59 Å². The number of esters is 1. The molecule has 3 rings (SSSR count). The Kier molecular flexibility index (Phi) is 5.35. The second-order valence-corrected chi connectivity index (χ2v) is 6.38. The number of anilines is 1. The Morgan fingerprint density at radius 2 is 1.70 bits per heavy atom. The summed E-state index contributed by atoms with van der Waals surface area (Å²) in [6, 6.07) is 17.9. The van der Waals surface area contributed by atoms with Gasteiger partial charge in [-0.1, -0.05) is 32.0 Å². The lowest BCUT2D eigenvalue weighted by molar-refractivity contribution is 0.0600. The monoisotopic (exact) mass is 363 g/mol. The van der Waals surface area contributed by atoms with Gasteiger partial charge in [-0.3, -0.25) is 4.79 Å². The summed E-state index contributed by atoms with van der Waals surface area (Å²) in [6.45, 7) is 4.07. The Balaban J connectivity index is 1.89. The van der Waals surface area contributed by atoms with Crippen molar-refractivity contribution in [3.05, 3.63) is 77.6 Å². The van der Waals surface area contributed by atoms with Crippen molar-refractivity contribution in [2.24, 2.45) is 0 Å².